The lowest BCUT2D eigenvalue weighted by Gasteiger charge is -2.37. The predicted molar refractivity (Wildman–Crippen MR) is 104 cm³/mol. The van der Waals surface area contributed by atoms with E-state index < -0.39 is 17.7 Å². The highest BCUT2D eigenvalue weighted by atomic mass is 16.6. The van der Waals surface area contributed by atoms with E-state index in [2.05, 4.69) is 5.32 Å². The van der Waals surface area contributed by atoms with Crippen LogP contribution in [-0.4, -0.2) is 91.1 Å². The summed E-state index contributed by atoms with van der Waals surface area (Å²) in [4.78, 5) is 42.7. The molecule has 1 unspecified atom stereocenters. The zero-order valence-corrected chi connectivity index (χ0v) is 17.9. The Balaban J connectivity index is 2.59. The largest absolute Gasteiger partial charge is 0.444 e. The summed E-state index contributed by atoms with van der Waals surface area (Å²) in [5.41, 5.74) is -0.618. The SMILES string of the molecule is CC(C)C(NC(=O)OC(C)(C)C)C(=O)N1CCN(C(=O)CCN(C)C)CC1. The Morgan fingerprint density at radius 1 is 1.04 bits per heavy atom. The van der Waals surface area contributed by atoms with Crippen LogP contribution in [0.4, 0.5) is 4.79 Å². The van der Waals surface area contributed by atoms with Gasteiger partial charge in [-0.2, -0.15) is 0 Å². The molecule has 8 nitrogen and oxygen atoms in total. The van der Waals surface area contributed by atoms with Crippen LogP contribution in [0, 0.1) is 5.92 Å². The third kappa shape index (κ3) is 8.15. The molecule has 0 bridgehead atoms. The monoisotopic (exact) mass is 384 g/mol. The number of alkyl carbamates (subject to hydrolysis) is 1. The van der Waals surface area contributed by atoms with E-state index in [1.807, 2.05) is 32.8 Å². The second kappa shape index (κ2) is 9.92. The lowest BCUT2D eigenvalue weighted by molar-refractivity contribution is -0.141. The summed E-state index contributed by atoms with van der Waals surface area (Å²) in [7, 11) is 3.88. The Bertz CT molecular complexity index is 520. The third-order valence-electron chi connectivity index (χ3n) is 4.32. The molecule has 0 aromatic rings. The van der Waals surface area contributed by atoms with Gasteiger partial charge in [-0.05, 0) is 40.8 Å². The van der Waals surface area contributed by atoms with Crippen molar-refractivity contribution in [2.75, 3.05) is 46.8 Å². The molecule has 8 heteroatoms. The normalized spacial score (nSPS) is 16.5. The lowest BCUT2D eigenvalue weighted by atomic mass is 10.0. The molecule has 0 saturated carbocycles. The van der Waals surface area contributed by atoms with Gasteiger partial charge in [0.2, 0.25) is 11.8 Å². The van der Waals surface area contributed by atoms with Crippen LogP contribution >= 0.6 is 0 Å². The molecular weight excluding hydrogens is 348 g/mol. The van der Waals surface area contributed by atoms with Gasteiger partial charge in [-0.25, -0.2) is 4.79 Å². The van der Waals surface area contributed by atoms with Crippen LogP contribution < -0.4 is 5.32 Å². The maximum Gasteiger partial charge on any atom is 0.408 e. The summed E-state index contributed by atoms with van der Waals surface area (Å²) < 4.78 is 5.27. The predicted octanol–water partition coefficient (Wildman–Crippen LogP) is 1.16. The van der Waals surface area contributed by atoms with E-state index in [0.717, 1.165) is 0 Å². The molecule has 1 fully saturated rings. The Kier molecular flexibility index (Phi) is 8.53. The second-order valence-corrected chi connectivity index (χ2v) is 8.63. The number of nitrogens with one attached hydrogen (secondary N) is 1. The zero-order valence-electron chi connectivity index (χ0n) is 17.9. The molecule has 1 N–H and O–H groups in total. The van der Waals surface area contributed by atoms with Crippen molar-refractivity contribution in [3.05, 3.63) is 0 Å². The first-order valence-electron chi connectivity index (χ1n) is 9.61. The van der Waals surface area contributed by atoms with Crippen LogP contribution in [0.15, 0.2) is 0 Å². The van der Waals surface area contributed by atoms with Crippen molar-refractivity contribution in [3.63, 3.8) is 0 Å². The fraction of sp³-hybridized carbons (Fsp3) is 0.842. The molecule has 27 heavy (non-hydrogen) atoms. The van der Waals surface area contributed by atoms with E-state index in [0.29, 0.717) is 39.1 Å². The number of ether oxygens (including phenoxy) is 1. The topological polar surface area (TPSA) is 82.2 Å². The summed E-state index contributed by atoms with van der Waals surface area (Å²) in [5, 5.41) is 2.70. The summed E-state index contributed by atoms with van der Waals surface area (Å²) >= 11 is 0. The van der Waals surface area contributed by atoms with Gasteiger partial charge in [0, 0.05) is 39.1 Å². The minimum Gasteiger partial charge on any atom is -0.444 e. The van der Waals surface area contributed by atoms with Crippen molar-refractivity contribution in [2.45, 2.75) is 52.7 Å². The van der Waals surface area contributed by atoms with Gasteiger partial charge in [0.25, 0.3) is 0 Å². The summed E-state index contributed by atoms with van der Waals surface area (Å²) in [6.07, 6.45) is -0.109. The van der Waals surface area contributed by atoms with Crippen LogP contribution in [0.3, 0.4) is 0 Å². The quantitative estimate of drug-likeness (QED) is 0.743. The van der Waals surface area contributed by atoms with Crippen molar-refractivity contribution >= 4 is 17.9 Å². The summed E-state index contributed by atoms with van der Waals surface area (Å²) in [6.45, 7) is 11.8. The van der Waals surface area contributed by atoms with Gasteiger partial charge in [-0.1, -0.05) is 13.8 Å². The van der Waals surface area contributed by atoms with Crippen molar-refractivity contribution < 1.29 is 19.1 Å². The molecule has 156 valence electrons. The number of piperazine rings is 1. The first-order valence-corrected chi connectivity index (χ1v) is 9.61. The fourth-order valence-electron chi connectivity index (χ4n) is 2.80. The maximum absolute atomic E-state index is 12.9. The van der Waals surface area contributed by atoms with Gasteiger partial charge in [-0.3, -0.25) is 9.59 Å². The standard InChI is InChI=1S/C19H36N4O4/c1-14(2)16(20-18(26)27-19(3,4)5)17(25)23-12-10-22(11-13-23)15(24)8-9-21(6)7/h14,16H,8-13H2,1-7H3,(H,20,26). The molecule has 1 aliphatic heterocycles. The highest BCUT2D eigenvalue weighted by Gasteiger charge is 2.32. The van der Waals surface area contributed by atoms with Crippen molar-refractivity contribution in [1.29, 1.82) is 0 Å². The number of hydrogen-bond donors (Lipinski definition) is 1. The van der Waals surface area contributed by atoms with Crippen LogP contribution in [0.1, 0.15) is 41.0 Å². The van der Waals surface area contributed by atoms with Gasteiger partial charge < -0.3 is 24.8 Å². The minimum absolute atomic E-state index is 0.0650. The molecule has 0 aromatic heterocycles. The molecule has 1 aliphatic rings. The van der Waals surface area contributed by atoms with E-state index in [1.165, 1.54) is 0 Å². The average Bonchev–Trinajstić information content (AvgIpc) is 2.55. The summed E-state index contributed by atoms with van der Waals surface area (Å²) in [6, 6.07) is -0.643. The smallest absolute Gasteiger partial charge is 0.408 e. The maximum atomic E-state index is 12.9. The molecule has 1 saturated heterocycles. The van der Waals surface area contributed by atoms with Gasteiger partial charge in [0.15, 0.2) is 0 Å². The molecule has 1 rings (SSSR count). The molecule has 0 aliphatic carbocycles. The van der Waals surface area contributed by atoms with Gasteiger partial charge in [0.1, 0.15) is 11.6 Å². The van der Waals surface area contributed by atoms with E-state index in [1.54, 1.807) is 30.6 Å². The van der Waals surface area contributed by atoms with E-state index in [4.69, 9.17) is 4.74 Å². The Morgan fingerprint density at radius 3 is 2.00 bits per heavy atom. The first-order chi connectivity index (χ1) is 12.4. The lowest BCUT2D eigenvalue weighted by Crippen LogP contribution is -2.57. The van der Waals surface area contributed by atoms with Gasteiger partial charge >= 0.3 is 6.09 Å². The molecule has 0 spiro atoms. The molecule has 0 aromatic carbocycles. The second-order valence-electron chi connectivity index (χ2n) is 8.63. The number of carbonyl (C=O) groups is 3. The number of nitrogens with zero attached hydrogens (tertiary/aromatic N) is 3. The number of rotatable bonds is 6. The fourth-order valence-corrected chi connectivity index (χ4v) is 2.80. The van der Waals surface area contributed by atoms with Crippen molar-refractivity contribution in [2.24, 2.45) is 5.92 Å². The Morgan fingerprint density at radius 2 is 1.56 bits per heavy atom. The number of amides is 3. The Hall–Kier alpha value is -1.83. The zero-order chi connectivity index (χ0) is 20.8. The van der Waals surface area contributed by atoms with Crippen LogP contribution in [-0.2, 0) is 14.3 Å². The van der Waals surface area contributed by atoms with Crippen molar-refractivity contribution in [1.82, 2.24) is 20.0 Å². The number of hydrogen-bond acceptors (Lipinski definition) is 5. The van der Waals surface area contributed by atoms with Gasteiger partial charge in [-0.15, -0.1) is 0 Å². The third-order valence-corrected chi connectivity index (χ3v) is 4.32. The minimum atomic E-state index is -0.643. The molecule has 1 heterocycles. The van der Waals surface area contributed by atoms with Crippen LogP contribution in [0.25, 0.3) is 0 Å². The van der Waals surface area contributed by atoms with Gasteiger partial charge in [0.05, 0.1) is 0 Å². The molecule has 3 amide bonds. The molecule has 0 radical (unpaired) electrons. The highest BCUT2D eigenvalue weighted by molar-refractivity contribution is 5.86. The average molecular weight is 385 g/mol. The Labute approximate surface area is 163 Å². The number of carbonyl (C=O) groups excluding carboxylic acids is 3. The summed E-state index contributed by atoms with van der Waals surface area (Å²) in [5.74, 6) is -0.0795. The van der Waals surface area contributed by atoms with E-state index >= 15 is 0 Å². The van der Waals surface area contributed by atoms with Crippen molar-refractivity contribution in [3.8, 4) is 0 Å². The highest BCUT2D eigenvalue weighted by Crippen LogP contribution is 2.12. The molecular formula is C19H36N4O4. The van der Waals surface area contributed by atoms with Crippen LogP contribution in [0.2, 0.25) is 0 Å². The van der Waals surface area contributed by atoms with E-state index in [-0.39, 0.29) is 17.7 Å². The first kappa shape index (κ1) is 23.2. The van der Waals surface area contributed by atoms with Crippen LogP contribution in [0.5, 0.6) is 0 Å². The molecule has 1 atom stereocenters. The van der Waals surface area contributed by atoms with E-state index in [9.17, 15) is 14.4 Å².